The zero-order chi connectivity index (χ0) is 11.0. The highest BCUT2D eigenvalue weighted by atomic mass is 35.5. The summed E-state index contributed by atoms with van der Waals surface area (Å²) in [5, 5.41) is 1.60. The lowest BCUT2D eigenvalue weighted by Crippen LogP contribution is -1.84. The Labute approximate surface area is 97.9 Å². The number of fused-ring (bicyclic) bond motifs is 1. The van der Waals surface area contributed by atoms with Crippen LogP contribution in [0.5, 0.6) is 0 Å². The molecule has 0 unspecified atom stereocenters. The number of hydrogen-bond donors (Lipinski definition) is 1. The average Bonchev–Trinajstić information content (AvgIpc) is 2.76. The van der Waals surface area contributed by atoms with Crippen molar-refractivity contribution in [2.24, 2.45) is 0 Å². The Hall–Kier alpha value is -1.80. The number of aromatic nitrogens is 2. The van der Waals surface area contributed by atoms with Gasteiger partial charge >= 0.3 is 0 Å². The average molecular weight is 229 g/mol. The van der Waals surface area contributed by atoms with Crippen molar-refractivity contribution in [3.63, 3.8) is 0 Å². The molecule has 0 saturated carbocycles. The second-order valence-corrected chi connectivity index (χ2v) is 3.97. The smallest absolute Gasteiger partial charge is 0.139 e. The van der Waals surface area contributed by atoms with E-state index < -0.39 is 0 Å². The predicted molar refractivity (Wildman–Crippen MR) is 66.5 cm³/mol. The van der Waals surface area contributed by atoms with Crippen LogP contribution in [0.3, 0.4) is 0 Å². The number of rotatable bonds is 1. The van der Waals surface area contributed by atoms with E-state index >= 15 is 0 Å². The van der Waals surface area contributed by atoms with Gasteiger partial charge in [-0.15, -0.1) is 0 Å². The van der Waals surface area contributed by atoms with Crippen molar-refractivity contribution in [2.75, 3.05) is 0 Å². The molecule has 3 aromatic rings. The third-order valence-corrected chi connectivity index (χ3v) is 2.86. The first-order valence-corrected chi connectivity index (χ1v) is 5.41. The highest BCUT2D eigenvalue weighted by Crippen LogP contribution is 2.28. The molecule has 0 aliphatic heterocycles. The van der Waals surface area contributed by atoms with Gasteiger partial charge in [0.2, 0.25) is 0 Å². The number of pyridine rings is 1. The zero-order valence-electron chi connectivity index (χ0n) is 8.44. The minimum Gasteiger partial charge on any atom is -0.346 e. The summed E-state index contributed by atoms with van der Waals surface area (Å²) < 4.78 is 0. The van der Waals surface area contributed by atoms with E-state index in [1.165, 1.54) is 0 Å². The van der Waals surface area contributed by atoms with Crippen LogP contribution in [-0.4, -0.2) is 9.97 Å². The first-order chi connectivity index (χ1) is 7.84. The molecule has 0 fully saturated rings. The highest BCUT2D eigenvalue weighted by molar-refractivity contribution is 6.32. The number of aromatic amines is 1. The first kappa shape index (κ1) is 9.43. The monoisotopic (exact) mass is 228 g/mol. The van der Waals surface area contributed by atoms with Crippen LogP contribution in [0.25, 0.3) is 22.2 Å². The molecule has 2 aromatic heterocycles. The van der Waals surface area contributed by atoms with Crippen LogP contribution >= 0.6 is 11.6 Å². The summed E-state index contributed by atoms with van der Waals surface area (Å²) in [4.78, 5) is 7.37. The third-order valence-electron chi connectivity index (χ3n) is 2.57. The molecule has 0 amide bonds. The van der Waals surface area contributed by atoms with Crippen molar-refractivity contribution in [1.82, 2.24) is 9.97 Å². The number of hydrogen-bond acceptors (Lipinski definition) is 1. The van der Waals surface area contributed by atoms with Crippen molar-refractivity contribution in [3.05, 3.63) is 53.8 Å². The maximum absolute atomic E-state index is 6.16. The van der Waals surface area contributed by atoms with Gasteiger partial charge in [-0.3, -0.25) is 0 Å². The van der Waals surface area contributed by atoms with Gasteiger partial charge in [0.25, 0.3) is 0 Å². The van der Waals surface area contributed by atoms with Crippen LogP contribution < -0.4 is 0 Å². The molecule has 0 spiro atoms. The summed E-state index contributed by atoms with van der Waals surface area (Å²) in [6.07, 6.45) is 1.86. The molecule has 2 nitrogen and oxygen atoms in total. The Morgan fingerprint density at radius 1 is 1.06 bits per heavy atom. The maximum atomic E-state index is 6.16. The second kappa shape index (κ2) is 3.65. The number of halogens is 1. The lowest BCUT2D eigenvalue weighted by molar-refractivity contribution is 1.32. The minimum atomic E-state index is 0.529. The van der Waals surface area contributed by atoms with Crippen LogP contribution in [0.4, 0.5) is 0 Å². The van der Waals surface area contributed by atoms with Gasteiger partial charge in [-0.2, -0.15) is 0 Å². The number of benzene rings is 1. The van der Waals surface area contributed by atoms with Gasteiger partial charge in [0.05, 0.1) is 0 Å². The van der Waals surface area contributed by atoms with E-state index in [1.54, 1.807) is 0 Å². The third kappa shape index (κ3) is 1.48. The van der Waals surface area contributed by atoms with Crippen molar-refractivity contribution < 1.29 is 0 Å². The lowest BCUT2D eigenvalue weighted by atomic mass is 10.1. The number of nitrogens with one attached hydrogen (secondary N) is 1. The van der Waals surface area contributed by atoms with Gasteiger partial charge in [-0.25, -0.2) is 4.98 Å². The molecule has 0 radical (unpaired) electrons. The largest absolute Gasteiger partial charge is 0.346 e. The van der Waals surface area contributed by atoms with E-state index in [-0.39, 0.29) is 0 Å². The van der Waals surface area contributed by atoms with Crippen LogP contribution in [0.1, 0.15) is 0 Å². The molecule has 1 N–H and O–H groups in total. The highest BCUT2D eigenvalue weighted by Gasteiger charge is 2.06. The van der Waals surface area contributed by atoms with Gasteiger partial charge in [-0.05, 0) is 17.7 Å². The fourth-order valence-corrected chi connectivity index (χ4v) is 2.03. The van der Waals surface area contributed by atoms with Crippen LogP contribution in [0.15, 0.2) is 48.7 Å². The van der Waals surface area contributed by atoms with E-state index in [0.29, 0.717) is 5.15 Å². The summed E-state index contributed by atoms with van der Waals surface area (Å²) in [5.41, 5.74) is 2.88. The molecule has 0 saturated heterocycles. The van der Waals surface area contributed by atoms with Crippen LogP contribution in [0.2, 0.25) is 5.15 Å². The lowest BCUT2D eigenvalue weighted by Gasteiger charge is -2.03. The molecular weight excluding hydrogens is 220 g/mol. The van der Waals surface area contributed by atoms with E-state index in [1.807, 2.05) is 42.6 Å². The van der Waals surface area contributed by atoms with Crippen molar-refractivity contribution in [1.29, 1.82) is 0 Å². The molecule has 3 heteroatoms. The molecule has 2 heterocycles. The second-order valence-electron chi connectivity index (χ2n) is 3.61. The zero-order valence-corrected chi connectivity index (χ0v) is 9.20. The Morgan fingerprint density at radius 2 is 1.88 bits per heavy atom. The SMILES string of the molecule is Clc1nc2[nH]ccc2cc1-c1ccccc1. The van der Waals surface area contributed by atoms with Gasteiger partial charge in [-0.1, -0.05) is 41.9 Å². The quantitative estimate of drug-likeness (QED) is 0.629. The van der Waals surface area contributed by atoms with E-state index in [2.05, 4.69) is 16.0 Å². The fourth-order valence-electron chi connectivity index (χ4n) is 1.78. The standard InChI is InChI=1S/C13H9ClN2/c14-12-11(9-4-2-1-3-5-9)8-10-6-7-15-13(10)16-12/h1-8H,(H,15,16). The van der Waals surface area contributed by atoms with Crippen molar-refractivity contribution in [3.8, 4) is 11.1 Å². The van der Waals surface area contributed by atoms with Gasteiger partial charge in [0.1, 0.15) is 10.8 Å². The predicted octanol–water partition coefficient (Wildman–Crippen LogP) is 3.88. The van der Waals surface area contributed by atoms with E-state index in [0.717, 1.165) is 22.2 Å². The van der Waals surface area contributed by atoms with Gasteiger partial charge in [0.15, 0.2) is 0 Å². The topological polar surface area (TPSA) is 28.7 Å². The fraction of sp³-hybridized carbons (Fsp3) is 0. The Balaban J connectivity index is 2.27. The summed E-state index contributed by atoms with van der Waals surface area (Å²) in [6.45, 7) is 0. The molecule has 0 aliphatic carbocycles. The summed E-state index contributed by atoms with van der Waals surface area (Å²) in [7, 11) is 0. The summed E-state index contributed by atoms with van der Waals surface area (Å²) in [5.74, 6) is 0. The van der Waals surface area contributed by atoms with Crippen LogP contribution in [0, 0.1) is 0 Å². The van der Waals surface area contributed by atoms with Gasteiger partial charge < -0.3 is 4.98 Å². The van der Waals surface area contributed by atoms with Crippen molar-refractivity contribution >= 4 is 22.6 Å². The normalized spacial score (nSPS) is 10.8. The Morgan fingerprint density at radius 3 is 2.69 bits per heavy atom. The summed E-state index contributed by atoms with van der Waals surface area (Å²) >= 11 is 6.16. The molecule has 0 aliphatic rings. The van der Waals surface area contributed by atoms with Gasteiger partial charge in [0, 0.05) is 17.1 Å². The first-order valence-electron chi connectivity index (χ1n) is 5.03. The number of H-pyrrole nitrogens is 1. The van der Waals surface area contributed by atoms with Crippen LogP contribution in [-0.2, 0) is 0 Å². The molecule has 3 rings (SSSR count). The van der Waals surface area contributed by atoms with E-state index in [4.69, 9.17) is 11.6 Å². The molecule has 0 bridgehead atoms. The molecule has 78 valence electrons. The number of nitrogens with zero attached hydrogens (tertiary/aromatic N) is 1. The van der Waals surface area contributed by atoms with E-state index in [9.17, 15) is 0 Å². The molecular formula is C13H9ClN2. The summed E-state index contributed by atoms with van der Waals surface area (Å²) in [6, 6.07) is 14.1. The Kier molecular flexibility index (Phi) is 2.15. The molecule has 1 aromatic carbocycles. The molecule has 16 heavy (non-hydrogen) atoms. The van der Waals surface area contributed by atoms with Crippen molar-refractivity contribution in [2.45, 2.75) is 0 Å². The molecule has 0 atom stereocenters. The Bertz CT molecular complexity index is 629. The minimum absolute atomic E-state index is 0.529. The maximum Gasteiger partial charge on any atom is 0.139 e.